The molecule has 168 valence electrons. The molecule has 0 bridgehead atoms. The van der Waals surface area contributed by atoms with E-state index in [-0.39, 0.29) is 36.0 Å². The maximum absolute atomic E-state index is 12.8. The van der Waals surface area contributed by atoms with E-state index in [0.29, 0.717) is 22.7 Å². The van der Waals surface area contributed by atoms with Gasteiger partial charge in [0.15, 0.2) is 0 Å². The second-order valence-electron chi connectivity index (χ2n) is 6.80. The van der Waals surface area contributed by atoms with Gasteiger partial charge in [-0.3, -0.25) is 4.79 Å². The first-order valence-electron chi connectivity index (χ1n) is 8.93. The zero-order valence-corrected chi connectivity index (χ0v) is 16.6. The van der Waals surface area contributed by atoms with E-state index in [0.717, 1.165) is 12.1 Å². The number of nitrogens with zero attached hydrogens (tertiary/aromatic N) is 2. The molecule has 31 heavy (non-hydrogen) atoms. The molecule has 0 spiro atoms. The fourth-order valence-corrected chi connectivity index (χ4v) is 4.45. The Bertz CT molecular complexity index is 1060. The molecule has 2 aromatic carbocycles. The minimum atomic E-state index is -4.96. The van der Waals surface area contributed by atoms with E-state index < -0.39 is 33.7 Å². The summed E-state index contributed by atoms with van der Waals surface area (Å²) in [6.07, 6.45) is -9.56. The topological polar surface area (TPSA) is 57.7 Å². The number of halogens is 6. The monoisotopic (exact) mass is 466 g/mol. The fourth-order valence-electron chi connectivity index (χ4n) is 3.15. The molecule has 1 heterocycles. The van der Waals surface area contributed by atoms with Crippen molar-refractivity contribution in [3.05, 3.63) is 54.1 Å². The molecule has 0 aromatic heterocycles. The van der Waals surface area contributed by atoms with Gasteiger partial charge < -0.3 is 9.80 Å². The molecule has 1 aliphatic rings. The highest BCUT2D eigenvalue weighted by Gasteiger charge is 2.43. The maximum Gasteiger partial charge on any atom is 0.471 e. The summed E-state index contributed by atoms with van der Waals surface area (Å²) < 4.78 is 101. The lowest BCUT2D eigenvalue weighted by molar-refractivity contribution is -0.185. The second kappa shape index (κ2) is 8.06. The molecule has 0 unspecified atom stereocenters. The number of amides is 1. The van der Waals surface area contributed by atoms with Crippen molar-refractivity contribution in [2.24, 2.45) is 0 Å². The average Bonchev–Trinajstić information content (AvgIpc) is 2.72. The van der Waals surface area contributed by atoms with Gasteiger partial charge in [0.2, 0.25) is 9.84 Å². The first kappa shape index (κ1) is 22.9. The van der Waals surface area contributed by atoms with Crippen molar-refractivity contribution in [1.29, 1.82) is 0 Å². The number of benzene rings is 2. The van der Waals surface area contributed by atoms with Gasteiger partial charge in [0.1, 0.15) is 0 Å². The van der Waals surface area contributed by atoms with Crippen LogP contribution in [-0.4, -0.2) is 51.6 Å². The van der Waals surface area contributed by atoms with Crippen molar-refractivity contribution in [3.63, 3.8) is 0 Å². The predicted octanol–water partition coefficient (Wildman–Crippen LogP) is 3.75. The number of anilines is 1. The lowest BCUT2D eigenvalue weighted by Crippen LogP contribution is -2.52. The maximum atomic E-state index is 12.8. The molecule has 2 aromatic rings. The molecule has 0 saturated carbocycles. The molecule has 0 N–H and O–H groups in total. The summed E-state index contributed by atoms with van der Waals surface area (Å²) in [5.41, 5.74) is -0.571. The number of sulfone groups is 1. The van der Waals surface area contributed by atoms with Crippen LogP contribution in [0.4, 0.5) is 32.0 Å². The lowest BCUT2D eigenvalue weighted by atomic mass is 10.2. The Balaban J connectivity index is 1.78. The number of hydrogen-bond donors (Lipinski definition) is 0. The van der Waals surface area contributed by atoms with E-state index in [1.165, 1.54) is 18.2 Å². The zero-order chi connectivity index (χ0) is 23.0. The Morgan fingerprint density at radius 2 is 1.39 bits per heavy atom. The smallest absolute Gasteiger partial charge is 0.368 e. The van der Waals surface area contributed by atoms with Crippen LogP contribution in [0.5, 0.6) is 0 Å². The minimum Gasteiger partial charge on any atom is -0.368 e. The van der Waals surface area contributed by atoms with Gasteiger partial charge in [-0.1, -0.05) is 6.07 Å². The van der Waals surface area contributed by atoms with Crippen LogP contribution >= 0.6 is 0 Å². The van der Waals surface area contributed by atoms with E-state index in [1.54, 1.807) is 11.0 Å². The molecule has 1 saturated heterocycles. The molecule has 12 heteroatoms. The molecule has 3 rings (SSSR count). The summed E-state index contributed by atoms with van der Waals surface area (Å²) in [5, 5.41) is 0. The molecule has 0 radical (unpaired) electrons. The van der Waals surface area contributed by atoms with Gasteiger partial charge in [-0.2, -0.15) is 26.3 Å². The van der Waals surface area contributed by atoms with Gasteiger partial charge in [0.25, 0.3) is 0 Å². The predicted molar refractivity (Wildman–Crippen MR) is 98.2 cm³/mol. The third-order valence-electron chi connectivity index (χ3n) is 4.79. The summed E-state index contributed by atoms with van der Waals surface area (Å²) in [5.74, 6) is -1.93. The van der Waals surface area contributed by atoms with E-state index in [1.807, 2.05) is 0 Å². The van der Waals surface area contributed by atoms with Gasteiger partial charge in [0, 0.05) is 31.9 Å². The van der Waals surface area contributed by atoms with Crippen molar-refractivity contribution in [1.82, 2.24) is 4.90 Å². The molecule has 1 amide bonds. The van der Waals surface area contributed by atoms with E-state index >= 15 is 0 Å². The largest absolute Gasteiger partial charge is 0.471 e. The van der Waals surface area contributed by atoms with Crippen LogP contribution in [0.2, 0.25) is 0 Å². The molecule has 1 fully saturated rings. The Labute approximate surface area is 173 Å². The van der Waals surface area contributed by atoms with Crippen LogP contribution in [-0.2, 0) is 20.8 Å². The number of rotatable bonds is 3. The molecule has 1 aliphatic heterocycles. The highest BCUT2D eigenvalue weighted by Crippen LogP contribution is 2.31. The second-order valence-corrected chi connectivity index (χ2v) is 8.75. The number of piperazine rings is 1. The highest BCUT2D eigenvalue weighted by molar-refractivity contribution is 7.91. The third kappa shape index (κ3) is 4.94. The summed E-state index contributed by atoms with van der Waals surface area (Å²) in [6.45, 7) is -0.250. The van der Waals surface area contributed by atoms with E-state index in [9.17, 15) is 39.6 Å². The first-order chi connectivity index (χ1) is 14.3. The average molecular weight is 466 g/mol. The minimum absolute atomic E-state index is 0.0611. The standard InChI is InChI=1S/C19H16F6N2O3S/c20-18(21,22)13-4-6-15(7-5-13)31(29,30)16-3-1-2-14(12-16)26-8-10-27(11-9-26)17(28)19(23,24)25/h1-7,12H,8-11H2. The van der Waals surface area contributed by atoms with E-state index in [4.69, 9.17) is 0 Å². The summed E-state index contributed by atoms with van der Waals surface area (Å²) in [4.78, 5) is 13.1. The normalized spacial score (nSPS) is 15.8. The van der Waals surface area contributed by atoms with Crippen LogP contribution in [0.3, 0.4) is 0 Å². The number of carbonyl (C=O) groups is 1. The highest BCUT2D eigenvalue weighted by atomic mass is 32.2. The van der Waals surface area contributed by atoms with Crippen molar-refractivity contribution in [2.75, 3.05) is 31.1 Å². The number of alkyl halides is 6. The van der Waals surface area contributed by atoms with Crippen LogP contribution in [0, 0.1) is 0 Å². The molecule has 0 aliphatic carbocycles. The Morgan fingerprint density at radius 1 is 0.806 bits per heavy atom. The van der Waals surface area contributed by atoms with E-state index in [2.05, 4.69) is 0 Å². The van der Waals surface area contributed by atoms with Crippen molar-refractivity contribution < 1.29 is 39.6 Å². The molecular weight excluding hydrogens is 450 g/mol. The lowest BCUT2D eigenvalue weighted by Gasteiger charge is -2.36. The Morgan fingerprint density at radius 3 is 1.90 bits per heavy atom. The van der Waals surface area contributed by atoms with Gasteiger partial charge in [0.05, 0.1) is 15.4 Å². The third-order valence-corrected chi connectivity index (χ3v) is 6.56. The SMILES string of the molecule is O=C(N1CCN(c2cccc(S(=O)(=O)c3ccc(C(F)(F)F)cc3)c2)CC1)C(F)(F)F. The number of carbonyl (C=O) groups excluding carboxylic acids is 1. The van der Waals surface area contributed by atoms with Gasteiger partial charge >= 0.3 is 18.3 Å². The number of hydrogen-bond acceptors (Lipinski definition) is 4. The summed E-state index contributed by atoms with van der Waals surface area (Å²) >= 11 is 0. The van der Waals surface area contributed by atoms with Gasteiger partial charge in [-0.05, 0) is 42.5 Å². The molecule has 0 atom stereocenters. The Kier molecular flexibility index (Phi) is 5.96. The fraction of sp³-hybridized carbons (Fsp3) is 0.316. The summed E-state index contributed by atoms with van der Waals surface area (Å²) in [7, 11) is -4.11. The molecular formula is C19H16F6N2O3S. The van der Waals surface area contributed by atoms with Crippen molar-refractivity contribution in [3.8, 4) is 0 Å². The Hall–Kier alpha value is -2.76. The van der Waals surface area contributed by atoms with Crippen LogP contribution in [0.1, 0.15) is 5.56 Å². The van der Waals surface area contributed by atoms with Gasteiger partial charge in [-0.25, -0.2) is 8.42 Å². The van der Waals surface area contributed by atoms with Crippen molar-refractivity contribution in [2.45, 2.75) is 22.1 Å². The van der Waals surface area contributed by atoms with Crippen LogP contribution in [0.25, 0.3) is 0 Å². The van der Waals surface area contributed by atoms with Crippen molar-refractivity contribution >= 4 is 21.4 Å². The summed E-state index contributed by atoms with van der Waals surface area (Å²) in [6, 6.07) is 8.65. The van der Waals surface area contributed by atoms with Crippen LogP contribution < -0.4 is 4.90 Å². The quantitative estimate of drug-likeness (QED) is 0.647. The van der Waals surface area contributed by atoms with Gasteiger partial charge in [-0.15, -0.1) is 0 Å². The van der Waals surface area contributed by atoms with Crippen LogP contribution in [0.15, 0.2) is 58.3 Å². The zero-order valence-electron chi connectivity index (χ0n) is 15.7. The molecule has 5 nitrogen and oxygen atoms in total. The first-order valence-corrected chi connectivity index (χ1v) is 10.4.